The van der Waals surface area contributed by atoms with Gasteiger partial charge in [0.1, 0.15) is 5.75 Å². The van der Waals surface area contributed by atoms with Gasteiger partial charge in [0, 0.05) is 32.7 Å². The average Bonchev–Trinajstić information content (AvgIpc) is 2.61. The lowest BCUT2D eigenvalue weighted by molar-refractivity contribution is -0.128. The molecule has 0 aliphatic carbocycles. The molecule has 1 aromatic rings. The Morgan fingerprint density at radius 3 is 2.56 bits per heavy atom. The predicted octanol–water partition coefficient (Wildman–Crippen LogP) is 2.21. The minimum Gasteiger partial charge on any atom is -0.481 e. The molecule has 1 atom stereocenters. The second-order valence-corrected chi connectivity index (χ2v) is 7.05. The number of nitrogens with zero attached hydrogens (tertiary/aromatic N) is 2. The predicted molar refractivity (Wildman–Crippen MR) is 102 cm³/mol. The number of piperazine rings is 1. The van der Waals surface area contributed by atoms with Gasteiger partial charge in [0.25, 0.3) is 5.91 Å². The number of ether oxygens (including phenoxy) is 1. The molecule has 1 aliphatic rings. The fraction of sp³-hybridized carbons (Fsp3) is 0.650. The van der Waals surface area contributed by atoms with Crippen LogP contribution in [0.1, 0.15) is 30.9 Å². The zero-order valence-electron chi connectivity index (χ0n) is 16.2. The number of hydrogen-bond acceptors (Lipinski definition) is 4. The fourth-order valence-corrected chi connectivity index (χ4v) is 2.97. The second kappa shape index (κ2) is 9.78. The molecule has 1 N–H and O–H groups in total. The molecule has 0 spiro atoms. The molecular weight excluding hydrogens is 314 g/mol. The highest BCUT2D eigenvalue weighted by Crippen LogP contribution is 2.18. The lowest BCUT2D eigenvalue weighted by Gasteiger charge is -2.32. The summed E-state index contributed by atoms with van der Waals surface area (Å²) in [6, 6.07) is 5.97. The first-order valence-corrected chi connectivity index (χ1v) is 9.42. The molecule has 0 radical (unpaired) electrons. The second-order valence-electron chi connectivity index (χ2n) is 7.05. The van der Waals surface area contributed by atoms with Gasteiger partial charge < -0.3 is 19.9 Å². The molecule has 140 valence electrons. The fourth-order valence-electron chi connectivity index (χ4n) is 2.97. The van der Waals surface area contributed by atoms with Crippen molar-refractivity contribution in [3.8, 4) is 5.75 Å². The smallest absolute Gasteiger partial charge is 0.261 e. The topological polar surface area (TPSA) is 44.8 Å². The van der Waals surface area contributed by atoms with Crippen molar-refractivity contribution < 1.29 is 9.53 Å². The van der Waals surface area contributed by atoms with Gasteiger partial charge in [0.2, 0.25) is 0 Å². The van der Waals surface area contributed by atoms with Gasteiger partial charge in [-0.1, -0.05) is 13.0 Å². The van der Waals surface area contributed by atoms with Gasteiger partial charge in [-0.15, -0.1) is 0 Å². The van der Waals surface area contributed by atoms with E-state index in [2.05, 4.69) is 36.0 Å². The van der Waals surface area contributed by atoms with Gasteiger partial charge in [-0.3, -0.25) is 4.79 Å². The van der Waals surface area contributed by atoms with Crippen molar-refractivity contribution in [2.45, 2.75) is 39.7 Å². The highest BCUT2D eigenvalue weighted by Gasteiger charge is 2.18. The van der Waals surface area contributed by atoms with Crippen LogP contribution in [0, 0.1) is 13.8 Å². The third-order valence-corrected chi connectivity index (χ3v) is 4.97. The summed E-state index contributed by atoms with van der Waals surface area (Å²) in [4.78, 5) is 17.2. The summed E-state index contributed by atoms with van der Waals surface area (Å²) in [6.07, 6.45) is 1.22. The Bertz CT molecular complexity index is 554. The maximum absolute atomic E-state index is 12.4. The number of rotatable bonds is 8. The first kappa shape index (κ1) is 19.7. The van der Waals surface area contributed by atoms with Crippen molar-refractivity contribution in [2.75, 3.05) is 46.3 Å². The molecule has 1 aliphatic heterocycles. The number of likely N-dealkylation sites (N-methyl/N-ethyl adjacent to an activating group) is 1. The van der Waals surface area contributed by atoms with E-state index < -0.39 is 6.10 Å². The molecular formula is C20H33N3O2. The molecule has 1 unspecified atom stereocenters. The van der Waals surface area contributed by atoms with E-state index >= 15 is 0 Å². The maximum Gasteiger partial charge on any atom is 0.261 e. The summed E-state index contributed by atoms with van der Waals surface area (Å²) in [6.45, 7) is 12.4. The SMILES string of the molecule is CCC(Oc1ccc(C)c(C)c1)C(=O)NCCCN1CCN(C)CC1. The lowest BCUT2D eigenvalue weighted by atomic mass is 10.1. The van der Waals surface area contributed by atoms with Crippen LogP contribution in [0.25, 0.3) is 0 Å². The highest BCUT2D eigenvalue weighted by molar-refractivity contribution is 5.81. The monoisotopic (exact) mass is 347 g/mol. The summed E-state index contributed by atoms with van der Waals surface area (Å²) in [5.41, 5.74) is 2.41. The van der Waals surface area contributed by atoms with Crippen LogP contribution in [0.3, 0.4) is 0 Å². The highest BCUT2D eigenvalue weighted by atomic mass is 16.5. The number of aryl methyl sites for hydroxylation is 2. The van der Waals surface area contributed by atoms with Crippen molar-refractivity contribution >= 4 is 5.91 Å². The third-order valence-electron chi connectivity index (χ3n) is 4.97. The summed E-state index contributed by atoms with van der Waals surface area (Å²) in [5.74, 6) is 0.752. The van der Waals surface area contributed by atoms with Crippen molar-refractivity contribution in [1.29, 1.82) is 0 Å². The van der Waals surface area contributed by atoms with Gasteiger partial charge in [-0.05, 0) is 63.5 Å². The molecule has 25 heavy (non-hydrogen) atoms. The molecule has 1 heterocycles. The lowest BCUT2D eigenvalue weighted by Crippen LogP contribution is -2.45. The molecule has 2 rings (SSSR count). The number of nitrogens with one attached hydrogen (secondary N) is 1. The molecule has 0 saturated carbocycles. The largest absolute Gasteiger partial charge is 0.481 e. The van der Waals surface area contributed by atoms with Crippen LogP contribution in [0.5, 0.6) is 5.75 Å². The van der Waals surface area contributed by atoms with Crippen LogP contribution in [0.2, 0.25) is 0 Å². The van der Waals surface area contributed by atoms with E-state index in [1.807, 2.05) is 25.1 Å². The van der Waals surface area contributed by atoms with Crippen molar-refractivity contribution in [3.63, 3.8) is 0 Å². The van der Waals surface area contributed by atoms with Crippen LogP contribution < -0.4 is 10.1 Å². The number of carbonyl (C=O) groups excluding carboxylic acids is 1. The van der Waals surface area contributed by atoms with Crippen LogP contribution in [0.15, 0.2) is 18.2 Å². The Hall–Kier alpha value is -1.59. The molecule has 0 aromatic heterocycles. The number of hydrogen-bond donors (Lipinski definition) is 1. The Labute approximate surface area is 152 Å². The quantitative estimate of drug-likeness (QED) is 0.733. The van der Waals surface area contributed by atoms with E-state index in [4.69, 9.17) is 4.74 Å². The molecule has 5 heteroatoms. The average molecular weight is 348 g/mol. The zero-order chi connectivity index (χ0) is 18.2. The van der Waals surface area contributed by atoms with E-state index in [-0.39, 0.29) is 5.91 Å². The summed E-state index contributed by atoms with van der Waals surface area (Å²) in [5, 5.41) is 3.03. The van der Waals surface area contributed by atoms with Crippen molar-refractivity contribution in [2.24, 2.45) is 0 Å². The van der Waals surface area contributed by atoms with E-state index in [1.165, 1.54) is 11.1 Å². The molecule has 1 aromatic carbocycles. The number of amides is 1. The minimum absolute atomic E-state index is 0.0147. The first-order valence-electron chi connectivity index (χ1n) is 9.42. The Morgan fingerprint density at radius 2 is 1.92 bits per heavy atom. The molecule has 1 amide bonds. The Balaban J connectivity index is 1.71. The molecule has 5 nitrogen and oxygen atoms in total. The molecule has 1 saturated heterocycles. The van der Waals surface area contributed by atoms with Crippen LogP contribution >= 0.6 is 0 Å². The molecule has 0 bridgehead atoms. The van der Waals surface area contributed by atoms with E-state index in [9.17, 15) is 4.79 Å². The van der Waals surface area contributed by atoms with Gasteiger partial charge >= 0.3 is 0 Å². The minimum atomic E-state index is -0.425. The zero-order valence-corrected chi connectivity index (χ0v) is 16.2. The van der Waals surface area contributed by atoms with E-state index in [0.717, 1.165) is 44.9 Å². The van der Waals surface area contributed by atoms with Gasteiger partial charge in [-0.2, -0.15) is 0 Å². The van der Waals surface area contributed by atoms with E-state index in [0.29, 0.717) is 13.0 Å². The standard InChI is InChI=1S/C20H33N3O2/c1-5-19(25-18-8-7-16(2)17(3)15-18)20(24)21-9-6-10-23-13-11-22(4)12-14-23/h7-8,15,19H,5-6,9-14H2,1-4H3,(H,21,24). The van der Waals surface area contributed by atoms with Gasteiger partial charge in [-0.25, -0.2) is 0 Å². The van der Waals surface area contributed by atoms with Crippen LogP contribution in [-0.4, -0.2) is 68.1 Å². The van der Waals surface area contributed by atoms with Crippen molar-refractivity contribution in [1.82, 2.24) is 15.1 Å². The summed E-state index contributed by atoms with van der Waals surface area (Å²) in [7, 11) is 2.16. The Morgan fingerprint density at radius 1 is 1.20 bits per heavy atom. The van der Waals surface area contributed by atoms with E-state index in [1.54, 1.807) is 0 Å². The van der Waals surface area contributed by atoms with Crippen molar-refractivity contribution in [3.05, 3.63) is 29.3 Å². The number of benzene rings is 1. The third kappa shape index (κ3) is 6.33. The summed E-state index contributed by atoms with van der Waals surface area (Å²) >= 11 is 0. The number of carbonyl (C=O) groups is 1. The van der Waals surface area contributed by atoms with Crippen LogP contribution in [0.4, 0.5) is 0 Å². The maximum atomic E-state index is 12.4. The van der Waals surface area contributed by atoms with Gasteiger partial charge in [0.15, 0.2) is 6.10 Å². The van der Waals surface area contributed by atoms with Gasteiger partial charge in [0.05, 0.1) is 0 Å². The first-order chi connectivity index (χ1) is 12.0. The normalized spacial score (nSPS) is 17.3. The Kier molecular flexibility index (Phi) is 7.72. The summed E-state index contributed by atoms with van der Waals surface area (Å²) < 4.78 is 5.89. The molecule has 1 fully saturated rings. The van der Waals surface area contributed by atoms with Crippen LogP contribution in [-0.2, 0) is 4.79 Å².